The number of ether oxygens (including phenoxy) is 1. The zero-order chi connectivity index (χ0) is 18.6. The van der Waals surface area contributed by atoms with Gasteiger partial charge in [0.25, 0.3) is 0 Å². The number of hydrogen-bond donors (Lipinski definition) is 1. The standard InChI is InChI=1S/C22H34N2O2/c1-3-5-7-12-20(4-2)22(25)23-21(17-19-10-8-6-9-11-19)18-24-13-15-26-16-14-24/h4,6,8-11,20-21H,2-3,5,7,12-18H2,1H3,(H,23,25)/t20?,21-/m1/s1. The fraction of sp³-hybridized carbons (Fsp3) is 0.591. The van der Waals surface area contributed by atoms with Crippen LogP contribution in [0.4, 0.5) is 0 Å². The molecule has 0 saturated carbocycles. The summed E-state index contributed by atoms with van der Waals surface area (Å²) < 4.78 is 5.45. The van der Waals surface area contributed by atoms with Crippen LogP contribution in [0.5, 0.6) is 0 Å². The summed E-state index contributed by atoms with van der Waals surface area (Å²) >= 11 is 0. The highest BCUT2D eigenvalue weighted by molar-refractivity contribution is 5.80. The first-order valence-electron chi connectivity index (χ1n) is 10.00. The Morgan fingerprint density at radius 2 is 2.00 bits per heavy atom. The van der Waals surface area contributed by atoms with Crippen molar-refractivity contribution in [2.45, 2.75) is 45.1 Å². The molecule has 1 aliphatic heterocycles. The lowest BCUT2D eigenvalue weighted by Gasteiger charge is -2.31. The highest BCUT2D eigenvalue weighted by atomic mass is 16.5. The van der Waals surface area contributed by atoms with Crippen molar-refractivity contribution in [2.24, 2.45) is 5.92 Å². The summed E-state index contributed by atoms with van der Waals surface area (Å²) in [5.41, 5.74) is 1.26. The number of unbranched alkanes of at least 4 members (excludes halogenated alkanes) is 2. The molecule has 0 radical (unpaired) electrons. The third kappa shape index (κ3) is 7.30. The van der Waals surface area contributed by atoms with Gasteiger partial charge in [0.15, 0.2) is 0 Å². The molecule has 1 aromatic rings. The number of rotatable bonds is 11. The van der Waals surface area contributed by atoms with Gasteiger partial charge in [-0.2, -0.15) is 0 Å². The van der Waals surface area contributed by atoms with E-state index in [-0.39, 0.29) is 17.9 Å². The second kappa shape index (κ2) is 11.9. The topological polar surface area (TPSA) is 41.6 Å². The number of amides is 1. The van der Waals surface area contributed by atoms with Crippen molar-refractivity contribution in [3.05, 3.63) is 48.6 Å². The molecule has 1 aliphatic rings. The quantitative estimate of drug-likeness (QED) is 0.487. The van der Waals surface area contributed by atoms with E-state index in [9.17, 15) is 4.79 Å². The molecule has 0 bridgehead atoms. The maximum atomic E-state index is 12.8. The molecule has 2 rings (SSSR count). The average molecular weight is 359 g/mol. The van der Waals surface area contributed by atoms with Gasteiger partial charge in [-0.1, -0.05) is 62.6 Å². The van der Waals surface area contributed by atoms with Crippen molar-refractivity contribution < 1.29 is 9.53 Å². The summed E-state index contributed by atoms with van der Waals surface area (Å²) in [6, 6.07) is 10.5. The zero-order valence-electron chi connectivity index (χ0n) is 16.2. The predicted octanol–water partition coefficient (Wildman–Crippen LogP) is 3.43. The number of carbonyl (C=O) groups is 1. The first-order valence-corrected chi connectivity index (χ1v) is 10.00. The maximum Gasteiger partial charge on any atom is 0.227 e. The molecule has 0 aromatic heterocycles. The van der Waals surface area contributed by atoms with Crippen LogP contribution in [0, 0.1) is 5.92 Å². The van der Waals surface area contributed by atoms with Gasteiger partial charge in [-0.3, -0.25) is 9.69 Å². The van der Waals surface area contributed by atoms with Gasteiger partial charge in [0, 0.05) is 25.7 Å². The van der Waals surface area contributed by atoms with Crippen LogP contribution in [-0.4, -0.2) is 49.7 Å². The lowest BCUT2D eigenvalue weighted by Crippen LogP contribution is -2.49. The Morgan fingerprint density at radius 1 is 1.27 bits per heavy atom. The van der Waals surface area contributed by atoms with Crippen LogP contribution in [0.2, 0.25) is 0 Å². The van der Waals surface area contributed by atoms with E-state index in [2.05, 4.69) is 48.0 Å². The van der Waals surface area contributed by atoms with Crippen LogP contribution in [0.25, 0.3) is 0 Å². The molecular weight excluding hydrogens is 324 g/mol. The van der Waals surface area contributed by atoms with E-state index in [0.717, 1.165) is 52.1 Å². The van der Waals surface area contributed by atoms with Crippen LogP contribution in [0.3, 0.4) is 0 Å². The molecule has 1 amide bonds. The molecule has 1 fully saturated rings. The van der Waals surface area contributed by atoms with E-state index >= 15 is 0 Å². The van der Waals surface area contributed by atoms with Crippen molar-refractivity contribution in [3.63, 3.8) is 0 Å². The minimum atomic E-state index is -0.0930. The summed E-state index contributed by atoms with van der Waals surface area (Å²) in [5, 5.41) is 3.30. The number of hydrogen-bond acceptors (Lipinski definition) is 3. The minimum absolute atomic E-state index is 0.0930. The Bertz CT molecular complexity index is 526. The SMILES string of the molecule is C=CC(CCCCC)C(=O)N[C@H](Cc1ccccc1)CN1CCOCC1. The molecule has 4 nitrogen and oxygen atoms in total. The lowest BCUT2D eigenvalue weighted by atomic mass is 9.99. The Labute approximate surface area is 158 Å². The van der Waals surface area contributed by atoms with E-state index in [4.69, 9.17) is 4.74 Å². The summed E-state index contributed by atoms with van der Waals surface area (Å²) in [5.74, 6) is 0.0230. The largest absolute Gasteiger partial charge is 0.379 e. The van der Waals surface area contributed by atoms with Crippen molar-refractivity contribution in [1.29, 1.82) is 0 Å². The normalized spacial score (nSPS) is 17.4. The Hall–Kier alpha value is -1.65. The second-order valence-corrected chi connectivity index (χ2v) is 7.15. The van der Waals surface area contributed by atoms with Crippen molar-refractivity contribution in [2.75, 3.05) is 32.8 Å². The lowest BCUT2D eigenvalue weighted by molar-refractivity contribution is -0.124. The summed E-state index contributed by atoms with van der Waals surface area (Å²) in [6.07, 6.45) is 6.95. The number of carbonyl (C=O) groups excluding carboxylic acids is 1. The number of nitrogens with zero attached hydrogens (tertiary/aromatic N) is 1. The first kappa shape index (κ1) is 20.7. The molecule has 0 aliphatic carbocycles. The maximum absolute atomic E-state index is 12.8. The molecule has 2 atom stereocenters. The fourth-order valence-electron chi connectivity index (χ4n) is 3.43. The van der Waals surface area contributed by atoms with Gasteiger partial charge in [-0.05, 0) is 18.4 Å². The molecule has 1 N–H and O–H groups in total. The highest BCUT2D eigenvalue weighted by Crippen LogP contribution is 2.13. The van der Waals surface area contributed by atoms with Gasteiger partial charge in [0.05, 0.1) is 19.1 Å². The van der Waals surface area contributed by atoms with E-state index in [1.807, 2.05) is 6.07 Å². The van der Waals surface area contributed by atoms with E-state index in [1.165, 1.54) is 18.4 Å². The summed E-state index contributed by atoms with van der Waals surface area (Å²) in [4.78, 5) is 15.2. The van der Waals surface area contributed by atoms with E-state index in [0.29, 0.717) is 0 Å². The van der Waals surface area contributed by atoms with Crippen LogP contribution in [0.1, 0.15) is 38.2 Å². The molecule has 144 valence electrons. The Balaban J connectivity index is 1.96. The van der Waals surface area contributed by atoms with Crippen LogP contribution >= 0.6 is 0 Å². The molecule has 1 aromatic carbocycles. The number of benzene rings is 1. The summed E-state index contributed by atoms with van der Waals surface area (Å²) in [7, 11) is 0. The van der Waals surface area contributed by atoms with Crippen molar-refractivity contribution >= 4 is 5.91 Å². The third-order valence-corrected chi connectivity index (χ3v) is 4.99. The predicted molar refractivity (Wildman–Crippen MR) is 107 cm³/mol. The van der Waals surface area contributed by atoms with E-state index in [1.54, 1.807) is 6.08 Å². The number of nitrogens with one attached hydrogen (secondary N) is 1. The van der Waals surface area contributed by atoms with Crippen molar-refractivity contribution in [3.8, 4) is 0 Å². The van der Waals surface area contributed by atoms with Crippen LogP contribution < -0.4 is 5.32 Å². The molecule has 1 saturated heterocycles. The van der Waals surface area contributed by atoms with Crippen molar-refractivity contribution in [1.82, 2.24) is 10.2 Å². The highest BCUT2D eigenvalue weighted by Gasteiger charge is 2.22. The van der Waals surface area contributed by atoms with Crippen LogP contribution in [0.15, 0.2) is 43.0 Å². The molecule has 4 heteroatoms. The molecule has 1 unspecified atom stereocenters. The summed E-state index contributed by atoms with van der Waals surface area (Å²) in [6.45, 7) is 10.3. The van der Waals surface area contributed by atoms with Gasteiger partial charge in [-0.25, -0.2) is 0 Å². The molecule has 1 heterocycles. The smallest absolute Gasteiger partial charge is 0.227 e. The van der Waals surface area contributed by atoms with E-state index < -0.39 is 0 Å². The second-order valence-electron chi connectivity index (χ2n) is 7.15. The Kier molecular flexibility index (Phi) is 9.43. The minimum Gasteiger partial charge on any atom is -0.379 e. The van der Waals surface area contributed by atoms with Gasteiger partial charge in [0.1, 0.15) is 0 Å². The molecular formula is C22H34N2O2. The number of morpholine rings is 1. The molecule has 26 heavy (non-hydrogen) atoms. The van der Waals surface area contributed by atoms with Gasteiger partial charge in [0.2, 0.25) is 5.91 Å². The zero-order valence-corrected chi connectivity index (χ0v) is 16.2. The Morgan fingerprint density at radius 3 is 2.65 bits per heavy atom. The monoisotopic (exact) mass is 358 g/mol. The molecule has 0 spiro atoms. The van der Waals surface area contributed by atoms with Gasteiger partial charge in [-0.15, -0.1) is 6.58 Å². The fourth-order valence-corrected chi connectivity index (χ4v) is 3.43. The third-order valence-electron chi connectivity index (χ3n) is 4.99. The van der Waals surface area contributed by atoms with Gasteiger partial charge >= 0.3 is 0 Å². The van der Waals surface area contributed by atoms with Gasteiger partial charge < -0.3 is 10.1 Å². The average Bonchev–Trinajstić information content (AvgIpc) is 2.67. The first-order chi connectivity index (χ1) is 12.7. The van der Waals surface area contributed by atoms with Crippen LogP contribution in [-0.2, 0) is 16.0 Å².